The molecule has 2 unspecified atom stereocenters. The fraction of sp³-hybridized carbons (Fsp3) is 0.538. The van der Waals surface area contributed by atoms with E-state index in [4.69, 9.17) is 11.5 Å². The first-order valence-corrected chi connectivity index (χ1v) is 5.72. The van der Waals surface area contributed by atoms with Gasteiger partial charge >= 0.3 is 0 Å². The van der Waals surface area contributed by atoms with Gasteiger partial charge in [-0.2, -0.15) is 0 Å². The zero-order valence-corrected chi connectivity index (χ0v) is 10.3. The van der Waals surface area contributed by atoms with Crippen LogP contribution in [-0.2, 0) is 12.8 Å². The van der Waals surface area contributed by atoms with E-state index in [0.717, 1.165) is 16.7 Å². The molecule has 0 spiro atoms. The average Bonchev–Trinajstić information content (AvgIpc) is 2.11. The minimum atomic E-state index is 0.0517. The molecule has 0 aliphatic rings. The zero-order valence-electron chi connectivity index (χ0n) is 10.3. The van der Waals surface area contributed by atoms with Crippen LogP contribution in [0.3, 0.4) is 0 Å². The van der Waals surface area contributed by atoms with E-state index in [1.165, 1.54) is 0 Å². The summed E-state index contributed by atoms with van der Waals surface area (Å²) in [6.07, 6.45) is 1.39. The smallest absolute Gasteiger partial charge is 0.122 e. The topological polar surface area (TPSA) is 72.3 Å². The second kappa shape index (κ2) is 5.32. The van der Waals surface area contributed by atoms with Crippen LogP contribution < -0.4 is 11.5 Å². The second-order valence-corrected chi connectivity index (χ2v) is 4.79. The summed E-state index contributed by atoms with van der Waals surface area (Å²) in [6, 6.07) is 4.08. The Morgan fingerprint density at radius 3 is 1.75 bits per heavy atom. The van der Waals surface area contributed by atoms with Crippen molar-refractivity contribution in [2.24, 2.45) is 11.5 Å². The molecule has 2 atom stereocenters. The fourth-order valence-electron chi connectivity index (χ4n) is 1.94. The van der Waals surface area contributed by atoms with Crippen LogP contribution in [0, 0.1) is 6.92 Å². The van der Waals surface area contributed by atoms with Crippen LogP contribution in [0.2, 0.25) is 0 Å². The molecule has 0 fully saturated rings. The molecule has 1 aromatic rings. The summed E-state index contributed by atoms with van der Waals surface area (Å²) >= 11 is 0. The molecule has 1 rings (SSSR count). The standard InChI is InChI=1S/C13H22N2O/c1-8-4-11(6-9(2)14)13(16)12(5-8)7-10(3)15/h4-5,9-10,16H,6-7,14-15H2,1-3H3. The second-order valence-electron chi connectivity index (χ2n) is 4.79. The highest BCUT2D eigenvalue weighted by molar-refractivity contribution is 5.44. The number of phenolic OH excluding ortho intramolecular Hbond substituents is 1. The molecule has 0 amide bonds. The van der Waals surface area contributed by atoms with E-state index in [-0.39, 0.29) is 12.1 Å². The van der Waals surface area contributed by atoms with Crippen molar-refractivity contribution < 1.29 is 5.11 Å². The number of phenols is 1. The molecule has 0 aliphatic heterocycles. The zero-order chi connectivity index (χ0) is 12.3. The monoisotopic (exact) mass is 222 g/mol. The Kier molecular flexibility index (Phi) is 4.33. The summed E-state index contributed by atoms with van der Waals surface area (Å²) < 4.78 is 0. The first kappa shape index (κ1) is 13.0. The lowest BCUT2D eigenvalue weighted by Gasteiger charge is -2.14. The van der Waals surface area contributed by atoms with E-state index in [0.29, 0.717) is 18.6 Å². The van der Waals surface area contributed by atoms with Gasteiger partial charge in [0, 0.05) is 12.1 Å². The third-order valence-electron chi connectivity index (χ3n) is 2.50. The highest BCUT2D eigenvalue weighted by Gasteiger charge is 2.11. The summed E-state index contributed by atoms with van der Waals surface area (Å²) in [5.41, 5.74) is 14.5. The molecule has 3 nitrogen and oxygen atoms in total. The molecule has 0 saturated heterocycles. The summed E-state index contributed by atoms with van der Waals surface area (Å²) in [4.78, 5) is 0. The van der Waals surface area contributed by atoms with Crippen LogP contribution >= 0.6 is 0 Å². The molecular formula is C13H22N2O. The average molecular weight is 222 g/mol. The molecule has 0 bridgehead atoms. The fourth-order valence-corrected chi connectivity index (χ4v) is 1.94. The van der Waals surface area contributed by atoms with Crippen molar-refractivity contribution in [3.63, 3.8) is 0 Å². The summed E-state index contributed by atoms with van der Waals surface area (Å²) in [7, 11) is 0. The number of rotatable bonds is 4. The Morgan fingerprint density at radius 1 is 1.06 bits per heavy atom. The van der Waals surface area contributed by atoms with Gasteiger partial charge in [0.2, 0.25) is 0 Å². The maximum Gasteiger partial charge on any atom is 0.122 e. The molecule has 3 heteroatoms. The Balaban J connectivity index is 3.05. The lowest BCUT2D eigenvalue weighted by atomic mass is 9.97. The van der Waals surface area contributed by atoms with Crippen molar-refractivity contribution in [1.29, 1.82) is 0 Å². The Morgan fingerprint density at radius 2 is 1.44 bits per heavy atom. The number of benzene rings is 1. The SMILES string of the molecule is Cc1cc(CC(C)N)c(O)c(CC(C)N)c1. The first-order valence-electron chi connectivity index (χ1n) is 5.72. The summed E-state index contributed by atoms with van der Waals surface area (Å²) in [5, 5.41) is 10.1. The molecule has 16 heavy (non-hydrogen) atoms. The highest BCUT2D eigenvalue weighted by atomic mass is 16.3. The van der Waals surface area contributed by atoms with E-state index in [1.807, 2.05) is 32.9 Å². The normalized spacial score (nSPS) is 14.8. The van der Waals surface area contributed by atoms with Crippen LogP contribution in [0.15, 0.2) is 12.1 Å². The Bertz CT molecular complexity index is 328. The minimum absolute atomic E-state index is 0.0517. The molecular weight excluding hydrogens is 200 g/mol. The van der Waals surface area contributed by atoms with Crippen molar-refractivity contribution in [1.82, 2.24) is 0 Å². The van der Waals surface area contributed by atoms with Crippen LogP contribution in [-0.4, -0.2) is 17.2 Å². The molecule has 0 radical (unpaired) electrons. The predicted octanol–water partition coefficient (Wildman–Crippen LogP) is 1.48. The van der Waals surface area contributed by atoms with Gasteiger partial charge in [-0.25, -0.2) is 0 Å². The van der Waals surface area contributed by atoms with E-state index in [2.05, 4.69) is 0 Å². The Labute approximate surface area is 97.5 Å². The van der Waals surface area contributed by atoms with E-state index < -0.39 is 0 Å². The number of nitrogens with two attached hydrogens (primary N) is 2. The van der Waals surface area contributed by atoms with Gasteiger partial charge in [-0.05, 0) is 44.7 Å². The van der Waals surface area contributed by atoms with Gasteiger partial charge in [0.15, 0.2) is 0 Å². The lowest BCUT2D eigenvalue weighted by molar-refractivity contribution is 0.456. The van der Waals surface area contributed by atoms with Crippen molar-refractivity contribution >= 4 is 0 Å². The van der Waals surface area contributed by atoms with Crippen molar-refractivity contribution in [2.45, 2.75) is 45.7 Å². The molecule has 1 aromatic carbocycles. The van der Waals surface area contributed by atoms with E-state index in [9.17, 15) is 5.11 Å². The van der Waals surface area contributed by atoms with Crippen LogP contribution in [0.25, 0.3) is 0 Å². The lowest BCUT2D eigenvalue weighted by Crippen LogP contribution is -2.20. The van der Waals surface area contributed by atoms with Crippen molar-refractivity contribution in [2.75, 3.05) is 0 Å². The summed E-state index contributed by atoms with van der Waals surface area (Å²) in [5.74, 6) is 0.361. The molecule has 0 heterocycles. The van der Waals surface area contributed by atoms with Crippen LogP contribution in [0.4, 0.5) is 0 Å². The van der Waals surface area contributed by atoms with Gasteiger partial charge in [-0.1, -0.05) is 17.7 Å². The third kappa shape index (κ3) is 3.51. The molecule has 0 aromatic heterocycles. The summed E-state index contributed by atoms with van der Waals surface area (Å²) in [6.45, 7) is 5.90. The maximum absolute atomic E-state index is 10.1. The molecule has 0 aliphatic carbocycles. The van der Waals surface area contributed by atoms with Crippen LogP contribution in [0.5, 0.6) is 5.75 Å². The predicted molar refractivity (Wildman–Crippen MR) is 67.6 cm³/mol. The van der Waals surface area contributed by atoms with Gasteiger partial charge in [-0.3, -0.25) is 0 Å². The Hall–Kier alpha value is -1.06. The van der Waals surface area contributed by atoms with Gasteiger partial charge < -0.3 is 16.6 Å². The van der Waals surface area contributed by atoms with Crippen molar-refractivity contribution in [3.05, 3.63) is 28.8 Å². The van der Waals surface area contributed by atoms with Crippen LogP contribution in [0.1, 0.15) is 30.5 Å². The number of aryl methyl sites for hydroxylation is 1. The maximum atomic E-state index is 10.1. The van der Waals surface area contributed by atoms with Gasteiger partial charge in [0.25, 0.3) is 0 Å². The highest BCUT2D eigenvalue weighted by Crippen LogP contribution is 2.26. The third-order valence-corrected chi connectivity index (χ3v) is 2.50. The largest absolute Gasteiger partial charge is 0.507 e. The molecule has 0 saturated carbocycles. The number of aromatic hydroxyl groups is 1. The van der Waals surface area contributed by atoms with Gasteiger partial charge in [-0.15, -0.1) is 0 Å². The first-order chi connectivity index (χ1) is 7.40. The molecule has 5 N–H and O–H groups in total. The van der Waals surface area contributed by atoms with E-state index >= 15 is 0 Å². The quantitative estimate of drug-likeness (QED) is 0.722. The number of hydrogen-bond acceptors (Lipinski definition) is 3. The molecule has 90 valence electrons. The van der Waals surface area contributed by atoms with E-state index in [1.54, 1.807) is 0 Å². The van der Waals surface area contributed by atoms with Crippen molar-refractivity contribution in [3.8, 4) is 5.75 Å². The minimum Gasteiger partial charge on any atom is -0.507 e. The van der Waals surface area contributed by atoms with Gasteiger partial charge in [0.05, 0.1) is 0 Å². The van der Waals surface area contributed by atoms with Gasteiger partial charge in [0.1, 0.15) is 5.75 Å². The number of hydrogen-bond donors (Lipinski definition) is 3.